The molecule has 1 aliphatic rings. The summed E-state index contributed by atoms with van der Waals surface area (Å²) in [5.41, 5.74) is 2.52. The summed E-state index contributed by atoms with van der Waals surface area (Å²) < 4.78 is 4.73. The Bertz CT molecular complexity index is 532. The highest BCUT2D eigenvalue weighted by Gasteiger charge is 2.38. The summed E-state index contributed by atoms with van der Waals surface area (Å²) in [5.74, 6) is -0.227. The lowest BCUT2D eigenvalue weighted by Gasteiger charge is -2.14. The molecule has 1 aromatic carbocycles. The van der Waals surface area contributed by atoms with Gasteiger partial charge < -0.3 is 4.74 Å². The van der Waals surface area contributed by atoms with Gasteiger partial charge in [0.25, 0.3) is 0 Å². The second-order valence-electron chi connectivity index (χ2n) is 6.74. The van der Waals surface area contributed by atoms with Gasteiger partial charge in [0.05, 0.1) is 7.11 Å². The molecule has 1 saturated carbocycles. The Morgan fingerprint density at radius 3 is 2.57 bits per heavy atom. The number of unbranched alkanes of at least 4 members (excludes halogenated alkanes) is 2. The van der Waals surface area contributed by atoms with Crippen LogP contribution in [0.4, 0.5) is 0 Å². The van der Waals surface area contributed by atoms with Crippen molar-refractivity contribution in [3.8, 4) is 0 Å². The number of methoxy groups -OCH3 is 1. The lowest BCUT2D eigenvalue weighted by atomic mass is 9.91. The van der Waals surface area contributed by atoms with Crippen LogP contribution in [0.25, 0.3) is 0 Å². The molecule has 3 heteroatoms. The van der Waals surface area contributed by atoms with E-state index in [1.807, 2.05) is 0 Å². The maximum atomic E-state index is 12.0. The third-order valence-corrected chi connectivity index (χ3v) is 5.06. The molecule has 1 fully saturated rings. The Morgan fingerprint density at radius 1 is 1.26 bits per heavy atom. The summed E-state index contributed by atoms with van der Waals surface area (Å²) in [6.07, 6.45) is 6.07. The van der Waals surface area contributed by atoms with Crippen molar-refractivity contribution in [2.45, 2.75) is 64.2 Å². The number of ether oxygens (including phenoxy) is 1. The Balaban J connectivity index is 1.97. The molecule has 3 nitrogen and oxygen atoms in total. The largest absolute Gasteiger partial charge is 0.468 e. The van der Waals surface area contributed by atoms with E-state index in [1.54, 1.807) is 0 Å². The van der Waals surface area contributed by atoms with Crippen LogP contribution in [0.3, 0.4) is 0 Å². The van der Waals surface area contributed by atoms with Gasteiger partial charge in [0.15, 0.2) is 0 Å². The highest BCUT2D eigenvalue weighted by molar-refractivity contribution is 6.01. The summed E-state index contributed by atoms with van der Waals surface area (Å²) in [4.78, 5) is 23.6. The molecule has 0 saturated heterocycles. The number of benzene rings is 1. The number of carbonyl (C=O) groups excluding carboxylic acids is 2. The van der Waals surface area contributed by atoms with Gasteiger partial charge >= 0.3 is 5.97 Å². The lowest BCUT2D eigenvalue weighted by Crippen LogP contribution is -2.19. The normalized spacial score (nSPS) is 22.1. The van der Waals surface area contributed by atoms with E-state index < -0.39 is 11.9 Å². The number of rotatable bonds is 7. The maximum Gasteiger partial charge on any atom is 0.316 e. The van der Waals surface area contributed by atoms with E-state index in [4.69, 9.17) is 4.74 Å². The van der Waals surface area contributed by atoms with Gasteiger partial charge in [-0.1, -0.05) is 57.4 Å². The number of hydrogen-bond donors (Lipinski definition) is 0. The molecule has 0 radical (unpaired) electrons. The van der Waals surface area contributed by atoms with Gasteiger partial charge in [0.2, 0.25) is 0 Å². The van der Waals surface area contributed by atoms with Gasteiger partial charge in [-0.15, -0.1) is 0 Å². The molecular formula is C20H28O3. The Morgan fingerprint density at radius 2 is 1.96 bits per heavy atom. The minimum atomic E-state index is -0.572. The van der Waals surface area contributed by atoms with Gasteiger partial charge in [-0.2, -0.15) is 0 Å². The summed E-state index contributed by atoms with van der Waals surface area (Å²) in [6, 6.07) is 8.62. The molecule has 0 N–H and O–H groups in total. The molecule has 1 aromatic rings. The van der Waals surface area contributed by atoms with E-state index in [0.717, 1.165) is 5.56 Å². The van der Waals surface area contributed by atoms with Gasteiger partial charge in [-0.25, -0.2) is 0 Å². The van der Waals surface area contributed by atoms with Crippen molar-refractivity contribution in [3.63, 3.8) is 0 Å². The summed E-state index contributed by atoms with van der Waals surface area (Å²) in [6.45, 7) is 4.50. The molecular weight excluding hydrogens is 288 g/mol. The Hall–Kier alpha value is -1.64. The number of carbonyl (C=O) groups is 2. The minimum absolute atomic E-state index is 0.0128. The van der Waals surface area contributed by atoms with Crippen molar-refractivity contribution in [3.05, 3.63) is 35.4 Å². The predicted octanol–water partition coefficient (Wildman–Crippen LogP) is 4.61. The van der Waals surface area contributed by atoms with E-state index in [9.17, 15) is 9.59 Å². The second-order valence-corrected chi connectivity index (χ2v) is 6.74. The molecule has 3 atom stereocenters. The van der Waals surface area contributed by atoms with Crippen molar-refractivity contribution < 1.29 is 14.3 Å². The standard InChI is InChI=1S/C20H28O3/c1-4-5-6-7-14(2)15-8-10-16(11-9-15)17-12-18(19(21)13-17)20(22)23-3/h8-11,14,17-18H,4-7,12-13H2,1-3H3. The smallest absolute Gasteiger partial charge is 0.316 e. The highest BCUT2D eigenvalue weighted by Crippen LogP contribution is 2.37. The first-order valence-electron chi connectivity index (χ1n) is 8.77. The third kappa shape index (κ3) is 4.43. The molecule has 3 unspecified atom stereocenters. The van der Waals surface area contributed by atoms with Crippen molar-refractivity contribution >= 4 is 11.8 Å². The van der Waals surface area contributed by atoms with Gasteiger partial charge in [-0.05, 0) is 35.8 Å². The molecule has 0 spiro atoms. The van der Waals surface area contributed by atoms with Crippen LogP contribution in [0.5, 0.6) is 0 Å². The van der Waals surface area contributed by atoms with Crippen LogP contribution >= 0.6 is 0 Å². The first-order chi connectivity index (χ1) is 11.1. The fourth-order valence-electron chi connectivity index (χ4n) is 3.47. The van der Waals surface area contributed by atoms with Crippen LogP contribution in [0.15, 0.2) is 24.3 Å². The van der Waals surface area contributed by atoms with Crippen LogP contribution in [0.2, 0.25) is 0 Å². The zero-order valence-corrected chi connectivity index (χ0v) is 14.5. The molecule has 0 bridgehead atoms. The Labute approximate surface area is 139 Å². The van der Waals surface area contributed by atoms with Gasteiger partial charge in [-0.3, -0.25) is 9.59 Å². The van der Waals surface area contributed by atoms with Crippen molar-refractivity contribution in [2.75, 3.05) is 7.11 Å². The summed E-state index contributed by atoms with van der Waals surface area (Å²) in [5, 5.41) is 0. The topological polar surface area (TPSA) is 43.4 Å². The first-order valence-corrected chi connectivity index (χ1v) is 8.77. The summed E-state index contributed by atoms with van der Waals surface area (Å²) >= 11 is 0. The van der Waals surface area contributed by atoms with Crippen molar-refractivity contribution in [1.29, 1.82) is 0 Å². The average molecular weight is 316 g/mol. The molecule has 2 rings (SSSR count). The van der Waals surface area contributed by atoms with Crippen LogP contribution < -0.4 is 0 Å². The zero-order chi connectivity index (χ0) is 16.8. The molecule has 23 heavy (non-hydrogen) atoms. The molecule has 126 valence electrons. The number of esters is 1. The average Bonchev–Trinajstić information content (AvgIpc) is 2.96. The molecule has 0 heterocycles. The van der Waals surface area contributed by atoms with Crippen LogP contribution in [0.1, 0.15) is 75.3 Å². The number of hydrogen-bond acceptors (Lipinski definition) is 3. The first kappa shape index (κ1) is 17.7. The predicted molar refractivity (Wildman–Crippen MR) is 91.5 cm³/mol. The SMILES string of the molecule is CCCCCC(C)c1ccc(C2CC(=O)C(C(=O)OC)C2)cc1. The minimum Gasteiger partial charge on any atom is -0.468 e. The number of ketones is 1. The van der Waals surface area contributed by atoms with Crippen LogP contribution in [0, 0.1) is 5.92 Å². The van der Waals surface area contributed by atoms with E-state index in [1.165, 1.54) is 38.4 Å². The second kappa shape index (κ2) is 8.28. The fourth-order valence-corrected chi connectivity index (χ4v) is 3.47. The van der Waals surface area contributed by atoms with Crippen molar-refractivity contribution in [2.24, 2.45) is 5.92 Å². The van der Waals surface area contributed by atoms with E-state index in [0.29, 0.717) is 18.8 Å². The highest BCUT2D eigenvalue weighted by atomic mass is 16.5. The summed E-state index contributed by atoms with van der Waals surface area (Å²) in [7, 11) is 1.34. The monoisotopic (exact) mass is 316 g/mol. The lowest BCUT2D eigenvalue weighted by molar-refractivity contribution is -0.148. The Kier molecular flexibility index (Phi) is 6.37. The molecule has 0 aromatic heterocycles. The van der Waals surface area contributed by atoms with Gasteiger partial charge in [0.1, 0.15) is 11.7 Å². The van der Waals surface area contributed by atoms with Crippen LogP contribution in [-0.4, -0.2) is 18.9 Å². The third-order valence-electron chi connectivity index (χ3n) is 5.06. The zero-order valence-electron chi connectivity index (χ0n) is 14.5. The van der Waals surface area contributed by atoms with E-state index in [2.05, 4.69) is 38.1 Å². The molecule has 1 aliphatic carbocycles. The molecule has 0 aliphatic heterocycles. The van der Waals surface area contributed by atoms with Gasteiger partial charge in [0, 0.05) is 6.42 Å². The molecule has 0 amide bonds. The van der Waals surface area contributed by atoms with E-state index >= 15 is 0 Å². The van der Waals surface area contributed by atoms with Crippen LogP contribution in [-0.2, 0) is 14.3 Å². The van der Waals surface area contributed by atoms with E-state index in [-0.39, 0.29) is 11.7 Å². The van der Waals surface area contributed by atoms with Crippen molar-refractivity contribution in [1.82, 2.24) is 0 Å². The maximum absolute atomic E-state index is 12.0. The number of Topliss-reactive ketones (excluding diaryl/α,β-unsaturated/α-hetero) is 1. The fraction of sp³-hybridized carbons (Fsp3) is 0.600. The quantitative estimate of drug-likeness (QED) is 0.419.